The minimum Gasteiger partial charge on any atom is -0.358 e. The molecule has 11 heteroatoms. The third-order valence-corrected chi connectivity index (χ3v) is 5.74. The molecule has 1 aromatic heterocycles. The van der Waals surface area contributed by atoms with Crippen LogP contribution >= 0.6 is 15.9 Å². The van der Waals surface area contributed by atoms with E-state index in [1.54, 1.807) is 30.3 Å². The number of aromatic nitrogens is 1. The predicted octanol–water partition coefficient (Wildman–Crippen LogP) is 5.06. The summed E-state index contributed by atoms with van der Waals surface area (Å²) in [6, 6.07) is 12.3. The number of aliphatic imine (C=N–C) groups is 1. The van der Waals surface area contributed by atoms with E-state index in [4.69, 9.17) is 0 Å². The second-order valence-electron chi connectivity index (χ2n) is 7.73. The number of hydrogen-bond donors (Lipinski definition) is 2. The van der Waals surface area contributed by atoms with Crippen molar-refractivity contribution < 1.29 is 22.8 Å². The highest BCUT2D eigenvalue weighted by molar-refractivity contribution is 9.10. The van der Waals surface area contributed by atoms with E-state index in [1.165, 1.54) is 12.3 Å². The van der Waals surface area contributed by atoms with Gasteiger partial charge < -0.3 is 15.5 Å². The van der Waals surface area contributed by atoms with Gasteiger partial charge in [0.05, 0.1) is 23.4 Å². The zero-order valence-corrected chi connectivity index (χ0v) is 19.9. The summed E-state index contributed by atoms with van der Waals surface area (Å²) in [7, 11) is 1.92. The molecule has 0 atom stereocenters. The monoisotopic (exact) mass is 545 g/mol. The standard InChI is InChI=1S/C24H19BrF3N5O2/c1-33-11-10-29-21(33)14-2-4-15(5-3-14)22(34)31-19-8-6-16(24(26,27)28)12-18(19)23(35)32-20-9-7-17(25)13-30-20/h2-9,12-13H,10-11H2,1H3,(H,31,34)(H,30,32,35). The molecule has 4 rings (SSSR count). The fourth-order valence-corrected chi connectivity index (χ4v) is 3.69. The van der Waals surface area contributed by atoms with Gasteiger partial charge in [-0.2, -0.15) is 13.2 Å². The van der Waals surface area contributed by atoms with E-state index in [-0.39, 0.29) is 22.6 Å². The van der Waals surface area contributed by atoms with E-state index in [0.717, 1.165) is 30.1 Å². The van der Waals surface area contributed by atoms with Gasteiger partial charge in [0.2, 0.25) is 0 Å². The molecule has 35 heavy (non-hydrogen) atoms. The summed E-state index contributed by atoms with van der Waals surface area (Å²) < 4.78 is 40.6. The summed E-state index contributed by atoms with van der Waals surface area (Å²) in [6.07, 6.45) is -3.23. The Balaban J connectivity index is 1.59. The van der Waals surface area contributed by atoms with Crippen LogP contribution in [0.2, 0.25) is 0 Å². The second kappa shape index (κ2) is 9.87. The summed E-state index contributed by atoms with van der Waals surface area (Å²) in [4.78, 5) is 36.1. The molecule has 0 fully saturated rings. The molecule has 0 radical (unpaired) electrons. The molecule has 0 aliphatic carbocycles. The molecular weight excluding hydrogens is 527 g/mol. The number of anilines is 2. The average Bonchev–Trinajstić information content (AvgIpc) is 3.26. The zero-order valence-electron chi connectivity index (χ0n) is 18.4. The maximum absolute atomic E-state index is 13.3. The third-order valence-electron chi connectivity index (χ3n) is 5.27. The normalized spacial score (nSPS) is 13.4. The molecule has 2 N–H and O–H groups in total. The van der Waals surface area contributed by atoms with E-state index in [1.807, 2.05) is 11.9 Å². The molecule has 3 aromatic rings. The molecule has 0 spiro atoms. The lowest BCUT2D eigenvalue weighted by Gasteiger charge is -2.15. The lowest BCUT2D eigenvalue weighted by Crippen LogP contribution is -2.23. The van der Waals surface area contributed by atoms with Crippen LogP contribution in [0.15, 0.2) is 70.3 Å². The number of carbonyl (C=O) groups is 2. The highest BCUT2D eigenvalue weighted by Crippen LogP contribution is 2.32. The Hall–Kier alpha value is -3.73. The summed E-state index contributed by atoms with van der Waals surface area (Å²) in [5, 5.41) is 5.00. The van der Waals surface area contributed by atoms with Crippen LogP contribution in [0, 0.1) is 0 Å². The van der Waals surface area contributed by atoms with Gasteiger partial charge in [0.1, 0.15) is 11.7 Å². The number of hydrogen-bond acceptors (Lipinski definition) is 5. The fraction of sp³-hybridized carbons (Fsp3) is 0.167. The Morgan fingerprint density at radius 1 is 1.00 bits per heavy atom. The number of halogens is 4. The van der Waals surface area contributed by atoms with Crippen LogP contribution in [0.4, 0.5) is 24.7 Å². The number of benzene rings is 2. The van der Waals surface area contributed by atoms with Crippen LogP contribution in [0.1, 0.15) is 31.8 Å². The molecular formula is C24H19BrF3N5O2. The number of pyridine rings is 1. The van der Waals surface area contributed by atoms with Crippen molar-refractivity contribution in [3.8, 4) is 0 Å². The van der Waals surface area contributed by atoms with Crippen LogP contribution in [0.3, 0.4) is 0 Å². The van der Waals surface area contributed by atoms with Gasteiger partial charge >= 0.3 is 6.18 Å². The van der Waals surface area contributed by atoms with Gasteiger partial charge in [-0.1, -0.05) is 12.1 Å². The Kier molecular flexibility index (Phi) is 6.88. The molecule has 2 heterocycles. The summed E-state index contributed by atoms with van der Waals surface area (Å²) in [5.41, 5.74) is -0.317. The maximum atomic E-state index is 13.3. The van der Waals surface area contributed by atoms with E-state index in [9.17, 15) is 22.8 Å². The molecule has 1 aliphatic rings. The van der Waals surface area contributed by atoms with E-state index < -0.39 is 23.6 Å². The number of amides is 2. The van der Waals surface area contributed by atoms with Crippen LogP contribution in [-0.4, -0.2) is 47.7 Å². The first kappa shape index (κ1) is 24.4. The van der Waals surface area contributed by atoms with Gasteiger partial charge in [0, 0.05) is 35.4 Å². The lowest BCUT2D eigenvalue weighted by molar-refractivity contribution is -0.137. The Bertz CT molecular complexity index is 1290. The lowest BCUT2D eigenvalue weighted by atomic mass is 10.1. The largest absolute Gasteiger partial charge is 0.416 e. The van der Waals surface area contributed by atoms with Crippen molar-refractivity contribution in [3.05, 3.63) is 87.5 Å². The summed E-state index contributed by atoms with van der Waals surface area (Å²) >= 11 is 3.22. The highest BCUT2D eigenvalue weighted by Gasteiger charge is 2.32. The molecule has 1 aliphatic heterocycles. The van der Waals surface area contributed by atoms with Gasteiger partial charge in [-0.3, -0.25) is 14.6 Å². The maximum Gasteiger partial charge on any atom is 0.416 e. The van der Waals surface area contributed by atoms with Gasteiger partial charge in [0.15, 0.2) is 0 Å². The second-order valence-corrected chi connectivity index (χ2v) is 8.65. The van der Waals surface area contributed by atoms with Crippen molar-refractivity contribution in [2.24, 2.45) is 4.99 Å². The van der Waals surface area contributed by atoms with Crippen molar-refractivity contribution in [1.29, 1.82) is 0 Å². The summed E-state index contributed by atoms with van der Waals surface area (Å²) in [5.74, 6) is -0.462. The first-order chi connectivity index (χ1) is 16.6. The number of likely N-dealkylation sites (N-methyl/N-ethyl adjacent to an activating group) is 1. The Morgan fingerprint density at radius 3 is 2.34 bits per heavy atom. The van der Waals surface area contributed by atoms with Crippen molar-refractivity contribution in [2.75, 3.05) is 30.8 Å². The van der Waals surface area contributed by atoms with Crippen molar-refractivity contribution in [3.63, 3.8) is 0 Å². The van der Waals surface area contributed by atoms with E-state index >= 15 is 0 Å². The van der Waals surface area contributed by atoms with E-state index in [2.05, 4.69) is 36.5 Å². The smallest absolute Gasteiger partial charge is 0.358 e. The average molecular weight is 546 g/mol. The SMILES string of the molecule is CN1CCN=C1c1ccc(C(=O)Nc2ccc(C(F)(F)F)cc2C(=O)Nc2ccc(Br)cn2)cc1. The van der Waals surface area contributed by atoms with Crippen molar-refractivity contribution >= 4 is 45.1 Å². The quantitative estimate of drug-likeness (QED) is 0.469. The number of nitrogens with zero attached hydrogens (tertiary/aromatic N) is 3. The van der Waals surface area contributed by atoms with E-state index in [0.29, 0.717) is 17.1 Å². The van der Waals surface area contributed by atoms with Crippen LogP contribution < -0.4 is 10.6 Å². The molecule has 7 nitrogen and oxygen atoms in total. The first-order valence-corrected chi connectivity index (χ1v) is 11.2. The van der Waals surface area contributed by atoms with Crippen molar-refractivity contribution in [1.82, 2.24) is 9.88 Å². The third kappa shape index (κ3) is 5.68. The number of nitrogens with one attached hydrogen (secondary N) is 2. The fourth-order valence-electron chi connectivity index (χ4n) is 3.46. The predicted molar refractivity (Wildman–Crippen MR) is 130 cm³/mol. The van der Waals surface area contributed by atoms with Gasteiger partial charge in [-0.15, -0.1) is 0 Å². The molecule has 180 valence electrons. The Labute approximate surface area is 207 Å². The van der Waals surface area contributed by atoms with Crippen LogP contribution in [0.25, 0.3) is 0 Å². The van der Waals surface area contributed by atoms with Gasteiger partial charge in [0.25, 0.3) is 11.8 Å². The highest BCUT2D eigenvalue weighted by atomic mass is 79.9. The first-order valence-electron chi connectivity index (χ1n) is 10.4. The van der Waals surface area contributed by atoms with Crippen molar-refractivity contribution in [2.45, 2.75) is 6.18 Å². The Morgan fingerprint density at radius 2 is 1.74 bits per heavy atom. The molecule has 0 saturated heterocycles. The zero-order chi connectivity index (χ0) is 25.2. The minimum atomic E-state index is -4.67. The number of alkyl halides is 3. The number of amidine groups is 1. The molecule has 2 aromatic carbocycles. The van der Waals surface area contributed by atoms with Crippen LogP contribution in [-0.2, 0) is 6.18 Å². The summed E-state index contributed by atoms with van der Waals surface area (Å²) in [6.45, 7) is 1.51. The molecule has 0 unspecified atom stereocenters. The minimum absolute atomic E-state index is 0.0680. The van der Waals surface area contributed by atoms with Crippen LogP contribution in [0.5, 0.6) is 0 Å². The van der Waals surface area contributed by atoms with Gasteiger partial charge in [-0.25, -0.2) is 4.98 Å². The molecule has 0 saturated carbocycles. The molecule has 0 bridgehead atoms. The number of rotatable bonds is 5. The molecule has 2 amide bonds. The van der Waals surface area contributed by atoms with Gasteiger partial charge in [-0.05, 0) is 58.4 Å². The topological polar surface area (TPSA) is 86.7 Å². The number of carbonyl (C=O) groups excluding carboxylic acids is 2.